The molecule has 1 amide bonds. The van der Waals surface area contributed by atoms with Crippen LogP contribution in [0.15, 0.2) is 57.9 Å². The molecule has 0 aliphatic carbocycles. The van der Waals surface area contributed by atoms with E-state index in [2.05, 4.69) is 15.5 Å². The average Bonchev–Trinajstić information content (AvgIpc) is 3.18. The van der Waals surface area contributed by atoms with Crippen LogP contribution in [0.5, 0.6) is 0 Å². The second kappa shape index (κ2) is 8.39. The fourth-order valence-corrected chi connectivity index (χ4v) is 3.90. The van der Waals surface area contributed by atoms with E-state index >= 15 is 0 Å². The summed E-state index contributed by atoms with van der Waals surface area (Å²) in [6.45, 7) is 7.85. The van der Waals surface area contributed by atoms with Gasteiger partial charge in [0.15, 0.2) is 9.84 Å². The van der Waals surface area contributed by atoms with Gasteiger partial charge in [-0.15, -0.1) is 0 Å². The molecule has 2 aromatic carbocycles. The molecule has 0 spiro atoms. The molecule has 1 N–H and O–H groups in total. The second-order valence-electron chi connectivity index (χ2n) is 8.18. The van der Waals surface area contributed by atoms with Gasteiger partial charge in [0.05, 0.1) is 10.6 Å². The standard InChI is InChI=1S/C22H25N3O4S/c1-15-5-11-18(12-6-15)30(27,28)14-13-19(26)23-17-9-7-16(8-10-17)20-24-21(29-25-20)22(2,3)4/h5-12H,13-14H2,1-4H3,(H,23,26). The van der Waals surface area contributed by atoms with Gasteiger partial charge in [-0.1, -0.05) is 43.6 Å². The summed E-state index contributed by atoms with van der Waals surface area (Å²) in [6.07, 6.45) is -0.127. The van der Waals surface area contributed by atoms with Gasteiger partial charge in [-0.3, -0.25) is 4.79 Å². The molecule has 0 saturated heterocycles. The first-order valence-electron chi connectivity index (χ1n) is 9.58. The van der Waals surface area contributed by atoms with E-state index in [1.54, 1.807) is 48.5 Å². The van der Waals surface area contributed by atoms with Crippen LogP contribution in [0.4, 0.5) is 5.69 Å². The molecule has 0 aliphatic heterocycles. The molecule has 0 radical (unpaired) electrons. The van der Waals surface area contributed by atoms with Crippen molar-refractivity contribution in [1.82, 2.24) is 10.1 Å². The third-order valence-electron chi connectivity index (χ3n) is 4.47. The highest BCUT2D eigenvalue weighted by Gasteiger charge is 2.22. The number of sulfone groups is 1. The fourth-order valence-electron chi connectivity index (χ4n) is 2.66. The molecule has 7 nitrogen and oxygen atoms in total. The summed E-state index contributed by atoms with van der Waals surface area (Å²) in [7, 11) is -3.50. The maximum absolute atomic E-state index is 12.4. The van der Waals surface area contributed by atoms with Crippen LogP contribution >= 0.6 is 0 Å². The molecule has 158 valence electrons. The van der Waals surface area contributed by atoms with Gasteiger partial charge in [0.1, 0.15) is 0 Å². The molecule has 30 heavy (non-hydrogen) atoms. The van der Waals surface area contributed by atoms with Crippen LogP contribution in [0, 0.1) is 6.92 Å². The zero-order valence-corrected chi connectivity index (χ0v) is 18.3. The Morgan fingerprint density at radius 3 is 2.23 bits per heavy atom. The molecule has 3 aromatic rings. The topological polar surface area (TPSA) is 102 Å². The minimum Gasteiger partial charge on any atom is -0.338 e. The van der Waals surface area contributed by atoms with Crippen LogP contribution < -0.4 is 5.32 Å². The summed E-state index contributed by atoms with van der Waals surface area (Å²) in [5.41, 5.74) is 2.06. The van der Waals surface area contributed by atoms with Gasteiger partial charge in [-0.2, -0.15) is 4.98 Å². The number of aryl methyl sites for hydroxylation is 1. The van der Waals surface area contributed by atoms with E-state index in [0.717, 1.165) is 11.1 Å². The van der Waals surface area contributed by atoms with Gasteiger partial charge in [-0.05, 0) is 43.3 Å². The Balaban J connectivity index is 1.59. The Bertz CT molecular complexity index is 1130. The predicted molar refractivity (Wildman–Crippen MR) is 115 cm³/mol. The van der Waals surface area contributed by atoms with Crippen LogP contribution in [0.1, 0.15) is 38.6 Å². The number of carbonyl (C=O) groups is 1. The Labute approximate surface area is 176 Å². The normalized spacial score (nSPS) is 12.0. The van der Waals surface area contributed by atoms with Crippen molar-refractivity contribution in [1.29, 1.82) is 0 Å². The van der Waals surface area contributed by atoms with Gasteiger partial charge in [0.2, 0.25) is 17.6 Å². The molecule has 0 fully saturated rings. The van der Waals surface area contributed by atoms with Crippen LogP contribution in [-0.2, 0) is 20.0 Å². The second-order valence-corrected chi connectivity index (χ2v) is 10.3. The number of hydrogen-bond donors (Lipinski definition) is 1. The van der Waals surface area contributed by atoms with Crippen LogP contribution in [0.3, 0.4) is 0 Å². The number of nitrogens with one attached hydrogen (secondary N) is 1. The van der Waals surface area contributed by atoms with E-state index in [1.165, 1.54) is 0 Å². The number of amides is 1. The Morgan fingerprint density at radius 2 is 1.67 bits per heavy atom. The van der Waals surface area contributed by atoms with Crippen molar-refractivity contribution in [3.8, 4) is 11.4 Å². The lowest BCUT2D eigenvalue weighted by molar-refractivity contribution is -0.115. The first kappa shape index (κ1) is 21.7. The summed E-state index contributed by atoms with van der Waals surface area (Å²) in [5, 5.41) is 6.71. The third kappa shape index (κ3) is 5.33. The number of aromatic nitrogens is 2. The smallest absolute Gasteiger partial charge is 0.232 e. The van der Waals surface area contributed by atoms with E-state index in [1.807, 2.05) is 27.7 Å². The molecule has 1 heterocycles. The van der Waals surface area contributed by atoms with E-state index < -0.39 is 9.84 Å². The van der Waals surface area contributed by atoms with Crippen molar-refractivity contribution in [2.45, 2.75) is 44.4 Å². The van der Waals surface area contributed by atoms with E-state index in [0.29, 0.717) is 17.4 Å². The molecule has 0 atom stereocenters. The van der Waals surface area contributed by atoms with Crippen molar-refractivity contribution < 1.29 is 17.7 Å². The van der Waals surface area contributed by atoms with Crippen LogP contribution in [0.25, 0.3) is 11.4 Å². The van der Waals surface area contributed by atoms with Crippen molar-refractivity contribution in [3.05, 3.63) is 60.0 Å². The molecule has 8 heteroatoms. The molecular weight excluding hydrogens is 402 g/mol. The quantitative estimate of drug-likeness (QED) is 0.634. The van der Waals surface area contributed by atoms with Crippen molar-refractivity contribution in [2.24, 2.45) is 0 Å². The van der Waals surface area contributed by atoms with Gasteiger partial charge < -0.3 is 9.84 Å². The number of nitrogens with zero attached hydrogens (tertiary/aromatic N) is 2. The molecular formula is C22H25N3O4S. The number of rotatable bonds is 6. The lowest BCUT2D eigenvalue weighted by atomic mass is 9.97. The maximum atomic E-state index is 12.4. The Kier molecular flexibility index (Phi) is 6.07. The van der Waals surface area contributed by atoms with Gasteiger partial charge >= 0.3 is 0 Å². The van der Waals surface area contributed by atoms with E-state index in [-0.39, 0.29) is 28.4 Å². The first-order valence-corrected chi connectivity index (χ1v) is 11.2. The molecule has 0 aliphatic rings. The van der Waals surface area contributed by atoms with Crippen LogP contribution in [-0.4, -0.2) is 30.2 Å². The lowest BCUT2D eigenvalue weighted by Gasteiger charge is -2.10. The predicted octanol–water partition coefficient (Wildman–Crippen LogP) is 4.15. The third-order valence-corrected chi connectivity index (χ3v) is 6.20. The maximum Gasteiger partial charge on any atom is 0.232 e. The van der Waals surface area contributed by atoms with Crippen molar-refractivity contribution in [2.75, 3.05) is 11.1 Å². The highest BCUT2D eigenvalue weighted by Crippen LogP contribution is 2.24. The largest absolute Gasteiger partial charge is 0.338 e. The summed E-state index contributed by atoms with van der Waals surface area (Å²) in [4.78, 5) is 16.8. The number of hydrogen-bond acceptors (Lipinski definition) is 6. The molecule has 0 bridgehead atoms. The summed E-state index contributed by atoms with van der Waals surface area (Å²) < 4.78 is 30.0. The van der Waals surface area contributed by atoms with E-state index in [4.69, 9.17) is 4.52 Å². The summed E-state index contributed by atoms with van der Waals surface area (Å²) in [5.74, 6) is 0.401. The number of carbonyl (C=O) groups excluding carboxylic acids is 1. The Morgan fingerprint density at radius 1 is 1.03 bits per heavy atom. The SMILES string of the molecule is Cc1ccc(S(=O)(=O)CCC(=O)Nc2ccc(-c3noc(C(C)(C)C)n3)cc2)cc1. The number of benzene rings is 2. The average molecular weight is 428 g/mol. The van der Waals surface area contributed by atoms with E-state index in [9.17, 15) is 13.2 Å². The molecule has 3 rings (SSSR count). The minimum absolute atomic E-state index is 0.127. The minimum atomic E-state index is -3.50. The zero-order valence-electron chi connectivity index (χ0n) is 17.5. The highest BCUT2D eigenvalue weighted by atomic mass is 32.2. The summed E-state index contributed by atoms with van der Waals surface area (Å²) >= 11 is 0. The van der Waals surface area contributed by atoms with Crippen molar-refractivity contribution in [3.63, 3.8) is 0 Å². The van der Waals surface area contributed by atoms with Crippen LogP contribution in [0.2, 0.25) is 0 Å². The van der Waals surface area contributed by atoms with Crippen molar-refractivity contribution >= 4 is 21.4 Å². The van der Waals surface area contributed by atoms with Gasteiger partial charge in [0, 0.05) is 23.1 Å². The first-order chi connectivity index (χ1) is 14.0. The zero-order chi connectivity index (χ0) is 21.9. The Hall–Kier alpha value is -3.00. The monoisotopic (exact) mass is 427 g/mol. The van der Waals surface area contributed by atoms with Gasteiger partial charge in [-0.25, -0.2) is 8.42 Å². The fraction of sp³-hybridized carbons (Fsp3) is 0.318. The molecule has 0 saturated carbocycles. The highest BCUT2D eigenvalue weighted by molar-refractivity contribution is 7.91. The summed E-state index contributed by atoms with van der Waals surface area (Å²) in [6, 6.07) is 13.6. The van der Waals surface area contributed by atoms with Gasteiger partial charge in [0.25, 0.3) is 0 Å². The number of anilines is 1. The lowest BCUT2D eigenvalue weighted by Crippen LogP contribution is -2.17. The molecule has 0 unspecified atom stereocenters. The molecule has 1 aromatic heterocycles.